The van der Waals surface area contributed by atoms with Crippen molar-refractivity contribution in [2.24, 2.45) is 0 Å². The molecule has 0 aliphatic carbocycles. The van der Waals surface area contributed by atoms with Crippen LogP contribution in [0.5, 0.6) is 0 Å². The zero-order valence-electron chi connectivity index (χ0n) is 17.9. The van der Waals surface area contributed by atoms with Crippen LogP contribution in [0.25, 0.3) is 11.0 Å². The minimum absolute atomic E-state index is 0. The molecular weight excluding hydrogens is 397 g/mol. The first-order valence-corrected chi connectivity index (χ1v) is 9.53. The third-order valence-corrected chi connectivity index (χ3v) is 4.95. The van der Waals surface area contributed by atoms with Crippen LogP contribution < -0.4 is 5.32 Å². The lowest BCUT2D eigenvalue weighted by Crippen LogP contribution is -2.51. The van der Waals surface area contributed by atoms with Crippen LogP contribution in [0, 0.1) is 6.92 Å². The second kappa shape index (κ2) is 8.97. The number of fused-ring (bicyclic) bond motifs is 1. The molecule has 3 heterocycles. The molecule has 6 nitrogen and oxygen atoms in total. The molecule has 0 spiro atoms. The van der Waals surface area contributed by atoms with E-state index in [-0.39, 0.29) is 42.2 Å². The third-order valence-electron chi connectivity index (χ3n) is 4.95. The van der Waals surface area contributed by atoms with Gasteiger partial charge in [-0.25, -0.2) is 9.67 Å². The summed E-state index contributed by atoms with van der Waals surface area (Å²) in [6, 6.07) is 2.29. The highest BCUT2D eigenvalue weighted by atomic mass is 35.5. The van der Waals surface area contributed by atoms with Gasteiger partial charge < -0.3 is 10.2 Å². The van der Waals surface area contributed by atoms with Crippen LogP contribution in [-0.2, 0) is 5.54 Å². The van der Waals surface area contributed by atoms with Gasteiger partial charge in [0, 0.05) is 31.4 Å². The summed E-state index contributed by atoms with van der Waals surface area (Å²) in [7, 11) is 0. The molecule has 1 aliphatic heterocycles. The van der Waals surface area contributed by atoms with Crippen molar-refractivity contribution < 1.29 is 4.79 Å². The fraction of sp³-hybridized carbons (Fsp3) is 0.650. The van der Waals surface area contributed by atoms with Crippen LogP contribution in [0.3, 0.4) is 0 Å². The number of hydrogen-bond acceptors (Lipinski definition) is 4. The number of aryl methyl sites for hydroxylation is 1. The smallest absolute Gasteiger partial charge is 0.254 e. The summed E-state index contributed by atoms with van der Waals surface area (Å²) in [4.78, 5) is 20.2. The van der Waals surface area contributed by atoms with Gasteiger partial charge >= 0.3 is 0 Å². The molecule has 2 aromatic heterocycles. The van der Waals surface area contributed by atoms with E-state index in [1.165, 1.54) is 0 Å². The zero-order chi connectivity index (χ0) is 19.2. The number of halogens is 2. The topological polar surface area (TPSA) is 63.1 Å². The summed E-state index contributed by atoms with van der Waals surface area (Å²) in [5, 5.41) is 9.02. The van der Waals surface area contributed by atoms with Crippen molar-refractivity contribution in [3.63, 3.8) is 0 Å². The summed E-state index contributed by atoms with van der Waals surface area (Å²) in [5.41, 5.74) is 3.16. The molecule has 3 rings (SSSR count). The maximum absolute atomic E-state index is 13.4. The molecule has 2 aromatic rings. The fourth-order valence-electron chi connectivity index (χ4n) is 3.53. The van der Waals surface area contributed by atoms with Crippen LogP contribution in [0.2, 0.25) is 0 Å². The van der Waals surface area contributed by atoms with Crippen LogP contribution in [0.4, 0.5) is 0 Å². The molecule has 1 saturated heterocycles. The Kier molecular flexibility index (Phi) is 7.90. The van der Waals surface area contributed by atoms with E-state index < -0.39 is 0 Å². The minimum Gasteiger partial charge on any atom is -0.336 e. The molecular formula is C20H33Cl2N5O. The number of rotatable bonds is 2. The maximum Gasteiger partial charge on any atom is 0.254 e. The summed E-state index contributed by atoms with van der Waals surface area (Å²) >= 11 is 0. The number of nitrogens with zero attached hydrogens (tertiary/aromatic N) is 4. The summed E-state index contributed by atoms with van der Waals surface area (Å²) in [6.07, 6.45) is 0. The van der Waals surface area contributed by atoms with E-state index in [1.807, 2.05) is 22.6 Å². The van der Waals surface area contributed by atoms with Gasteiger partial charge in [0.15, 0.2) is 5.65 Å². The number of hydrogen-bond donors (Lipinski definition) is 1. The van der Waals surface area contributed by atoms with Crippen LogP contribution >= 0.6 is 24.8 Å². The highest BCUT2D eigenvalue weighted by Crippen LogP contribution is 2.29. The molecule has 1 fully saturated rings. The first-order valence-electron chi connectivity index (χ1n) is 9.53. The molecule has 0 saturated carbocycles. The van der Waals surface area contributed by atoms with E-state index in [0.29, 0.717) is 6.04 Å². The number of aromatic nitrogens is 3. The van der Waals surface area contributed by atoms with E-state index in [9.17, 15) is 4.79 Å². The van der Waals surface area contributed by atoms with Crippen LogP contribution in [0.15, 0.2) is 6.07 Å². The van der Waals surface area contributed by atoms with Crippen molar-refractivity contribution in [3.8, 4) is 0 Å². The Morgan fingerprint density at radius 2 is 1.93 bits per heavy atom. The second-order valence-electron chi connectivity index (χ2n) is 8.72. The molecule has 1 aliphatic rings. The SMILES string of the molecule is Cc1nn(C(C)(C)C)c2nc(C(C)C)cc(C(=O)N3CCNC(C)C3)c12.Cl.Cl. The Labute approximate surface area is 180 Å². The highest BCUT2D eigenvalue weighted by Gasteiger charge is 2.28. The van der Waals surface area contributed by atoms with E-state index in [1.54, 1.807) is 0 Å². The predicted molar refractivity (Wildman–Crippen MR) is 119 cm³/mol. The van der Waals surface area contributed by atoms with Crippen molar-refractivity contribution in [3.05, 3.63) is 23.0 Å². The lowest BCUT2D eigenvalue weighted by molar-refractivity contribution is 0.0711. The third kappa shape index (κ3) is 4.61. The molecule has 158 valence electrons. The van der Waals surface area contributed by atoms with E-state index in [0.717, 1.165) is 47.6 Å². The van der Waals surface area contributed by atoms with Gasteiger partial charge in [0.2, 0.25) is 0 Å². The maximum atomic E-state index is 13.4. The Morgan fingerprint density at radius 3 is 2.46 bits per heavy atom. The highest BCUT2D eigenvalue weighted by molar-refractivity contribution is 6.06. The van der Waals surface area contributed by atoms with E-state index >= 15 is 0 Å². The second-order valence-corrected chi connectivity index (χ2v) is 8.72. The Morgan fingerprint density at radius 1 is 1.29 bits per heavy atom. The Hall–Kier alpha value is -1.37. The Bertz CT molecular complexity index is 841. The standard InChI is InChI=1S/C20H31N5O.2ClH/c1-12(2)16-10-15(19(26)24-9-8-21-13(3)11-24)17-14(4)23-25(18(17)22-16)20(5,6)7;;/h10,12-13,21H,8-9,11H2,1-7H3;2*1H. The molecule has 1 amide bonds. The summed E-state index contributed by atoms with van der Waals surface area (Å²) in [6.45, 7) is 16.9. The molecule has 0 radical (unpaired) electrons. The molecule has 1 N–H and O–H groups in total. The van der Waals surface area contributed by atoms with Crippen molar-refractivity contribution in [2.45, 2.75) is 66.0 Å². The van der Waals surface area contributed by atoms with Crippen LogP contribution in [-0.4, -0.2) is 51.2 Å². The zero-order valence-corrected chi connectivity index (χ0v) is 19.5. The van der Waals surface area contributed by atoms with Gasteiger partial charge in [-0.2, -0.15) is 5.10 Å². The Balaban J connectivity index is 0.00000196. The number of nitrogens with one attached hydrogen (secondary N) is 1. The normalized spacial score (nSPS) is 17.4. The monoisotopic (exact) mass is 429 g/mol. The average Bonchev–Trinajstić information content (AvgIpc) is 2.90. The molecule has 0 bridgehead atoms. The lowest BCUT2D eigenvalue weighted by atomic mass is 10.0. The van der Waals surface area contributed by atoms with Crippen LogP contribution in [0.1, 0.15) is 69.2 Å². The van der Waals surface area contributed by atoms with Gasteiger partial charge in [-0.3, -0.25) is 4.79 Å². The first kappa shape index (κ1) is 24.7. The number of carbonyl (C=O) groups is 1. The molecule has 8 heteroatoms. The first-order chi connectivity index (χ1) is 12.1. The van der Waals surface area contributed by atoms with Crippen molar-refractivity contribution in [1.82, 2.24) is 25.0 Å². The van der Waals surface area contributed by atoms with Gasteiger partial charge in [-0.05, 0) is 46.6 Å². The number of piperazine rings is 1. The van der Waals surface area contributed by atoms with E-state index in [2.05, 4.69) is 46.9 Å². The van der Waals surface area contributed by atoms with Crippen molar-refractivity contribution >= 4 is 41.8 Å². The number of pyridine rings is 1. The predicted octanol–water partition coefficient (Wildman–Crippen LogP) is 3.90. The van der Waals surface area contributed by atoms with Crippen molar-refractivity contribution in [2.75, 3.05) is 19.6 Å². The summed E-state index contributed by atoms with van der Waals surface area (Å²) in [5.74, 6) is 0.334. The van der Waals surface area contributed by atoms with Crippen molar-refractivity contribution in [1.29, 1.82) is 0 Å². The van der Waals surface area contributed by atoms with Gasteiger partial charge in [0.05, 0.1) is 22.2 Å². The molecule has 28 heavy (non-hydrogen) atoms. The van der Waals surface area contributed by atoms with Gasteiger partial charge in [-0.1, -0.05) is 13.8 Å². The molecule has 1 atom stereocenters. The largest absolute Gasteiger partial charge is 0.336 e. The van der Waals surface area contributed by atoms with Gasteiger partial charge in [0.25, 0.3) is 5.91 Å². The minimum atomic E-state index is -0.195. The molecule has 1 unspecified atom stereocenters. The van der Waals surface area contributed by atoms with Gasteiger partial charge in [0.1, 0.15) is 0 Å². The average molecular weight is 430 g/mol. The van der Waals surface area contributed by atoms with E-state index in [4.69, 9.17) is 10.1 Å². The number of carbonyl (C=O) groups excluding carboxylic acids is 1. The molecule has 0 aromatic carbocycles. The summed E-state index contributed by atoms with van der Waals surface area (Å²) < 4.78 is 1.96. The quantitative estimate of drug-likeness (QED) is 0.785. The van der Waals surface area contributed by atoms with Gasteiger partial charge in [-0.15, -0.1) is 24.8 Å². The number of amides is 1. The lowest BCUT2D eigenvalue weighted by Gasteiger charge is -2.32. The fourth-order valence-corrected chi connectivity index (χ4v) is 3.53.